The van der Waals surface area contributed by atoms with Gasteiger partial charge < -0.3 is 5.32 Å². The molecule has 1 aliphatic rings. The van der Waals surface area contributed by atoms with E-state index in [1.807, 2.05) is 0 Å². The first-order chi connectivity index (χ1) is 14.3. The van der Waals surface area contributed by atoms with Crippen molar-refractivity contribution < 1.29 is 4.79 Å². The molecule has 0 saturated heterocycles. The molecule has 0 unspecified atom stereocenters. The Morgan fingerprint density at radius 3 is 2.80 bits per heavy atom. The van der Waals surface area contributed by atoms with E-state index in [1.165, 1.54) is 27.8 Å². The molecule has 4 rings (SSSR count). The number of aryl methyl sites for hydroxylation is 1. The second-order valence-electron chi connectivity index (χ2n) is 7.14. The average Bonchev–Trinajstić information content (AvgIpc) is 3.37. The van der Waals surface area contributed by atoms with Crippen LogP contribution in [0.4, 0.5) is 0 Å². The molecule has 0 aromatic carbocycles. The molecule has 1 aliphatic carbocycles. The van der Waals surface area contributed by atoms with Gasteiger partial charge in [-0.2, -0.15) is 15.0 Å². The molecule has 3 heterocycles. The molecule has 3 aromatic heterocycles. The second kappa shape index (κ2) is 7.46. The summed E-state index contributed by atoms with van der Waals surface area (Å²) in [5.74, 6) is 0.534. The van der Waals surface area contributed by atoms with Crippen LogP contribution < -0.4 is 10.9 Å². The summed E-state index contributed by atoms with van der Waals surface area (Å²) in [6.45, 7) is 1.77. The molecule has 0 aliphatic heterocycles. The first-order valence-electron chi connectivity index (χ1n) is 9.18. The number of carbonyl (C=O) groups is 1. The summed E-state index contributed by atoms with van der Waals surface area (Å²) in [7, 11) is 1.54. The Kier molecular flexibility index (Phi) is 4.95. The van der Waals surface area contributed by atoms with Crippen LogP contribution in [-0.2, 0) is 12.5 Å². The summed E-state index contributed by atoms with van der Waals surface area (Å²) >= 11 is 3.33. The fraction of sp³-hybridized carbons (Fsp3) is 0.316. The van der Waals surface area contributed by atoms with E-state index < -0.39 is 11.5 Å². The smallest absolute Gasteiger partial charge is 0.266 e. The lowest BCUT2D eigenvalue weighted by molar-refractivity contribution is 0.0937. The van der Waals surface area contributed by atoms with Crippen LogP contribution in [0.2, 0.25) is 0 Å². The van der Waals surface area contributed by atoms with Gasteiger partial charge in [0.1, 0.15) is 10.9 Å². The minimum atomic E-state index is -0.598. The summed E-state index contributed by atoms with van der Waals surface area (Å²) in [4.78, 5) is 33.1. The number of nitrogens with zero attached hydrogens (tertiary/aromatic N) is 7. The Hall–Kier alpha value is -3.39. The lowest BCUT2D eigenvalue weighted by Crippen LogP contribution is -2.29. The van der Waals surface area contributed by atoms with Crippen LogP contribution in [0.15, 0.2) is 40.0 Å². The van der Waals surface area contributed by atoms with Crippen molar-refractivity contribution in [3.8, 4) is 11.9 Å². The molecule has 30 heavy (non-hydrogen) atoms. The van der Waals surface area contributed by atoms with Crippen LogP contribution >= 0.6 is 15.9 Å². The standard InChI is InChI=1S/C19H17BrN8O2/c1-11(17-22-10-23-28(17)15-3-4-16(29)27(2)26-15)24-18(30)12-7-13(25-14(20)8-12)19(9-21)5-6-19/h3-4,7-8,10-11H,5-6H2,1-2H3,(H,24,30)/t11-/m0/s1. The van der Waals surface area contributed by atoms with Crippen LogP contribution in [0.25, 0.3) is 5.82 Å². The van der Waals surface area contributed by atoms with Gasteiger partial charge in [-0.05, 0) is 53.9 Å². The van der Waals surface area contributed by atoms with Crippen molar-refractivity contribution >= 4 is 21.8 Å². The molecule has 10 nitrogen and oxygen atoms in total. The zero-order valence-electron chi connectivity index (χ0n) is 16.2. The second-order valence-corrected chi connectivity index (χ2v) is 7.95. The van der Waals surface area contributed by atoms with Crippen molar-refractivity contribution in [3.05, 3.63) is 62.6 Å². The minimum absolute atomic E-state index is 0.244. The number of amides is 1. The van der Waals surface area contributed by atoms with Crippen molar-refractivity contribution in [1.29, 1.82) is 5.26 Å². The predicted molar refractivity (Wildman–Crippen MR) is 109 cm³/mol. The van der Waals surface area contributed by atoms with Crippen molar-refractivity contribution in [2.45, 2.75) is 31.2 Å². The maximum atomic E-state index is 12.9. The molecule has 1 saturated carbocycles. The van der Waals surface area contributed by atoms with E-state index in [0.717, 1.165) is 12.8 Å². The van der Waals surface area contributed by atoms with E-state index in [4.69, 9.17) is 0 Å². The highest BCUT2D eigenvalue weighted by atomic mass is 79.9. The molecule has 1 N–H and O–H groups in total. The fourth-order valence-corrected chi connectivity index (χ4v) is 3.53. The molecule has 11 heteroatoms. The molecule has 0 bridgehead atoms. The number of carbonyl (C=O) groups excluding carboxylic acids is 1. The van der Waals surface area contributed by atoms with Gasteiger partial charge in [0.05, 0.1) is 23.2 Å². The summed E-state index contributed by atoms with van der Waals surface area (Å²) in [5, 5.41) is 20.6. The Balaban J connectivity index is 1.58. The Morgan fingerprint density at radius 2 is 2.13 bits per heavy atom. The zero-order chi connectivity index (χ0) is 21.5. The number of hydrogen-bond acceptors (Lipinski definition) is 7. The Bertz CT molecular complexity index is 1240. The van der Waals surface area contributed by atoms with Gasteiger partial charge in [-0.25, -0.2) is 14.6 Å². The van der Waals surface area contributed by atoms with Crippen molar-refractivity contribution in [2.24, 2.45) is 7.05 Å². The number of halogens is 1. The van der Waals surface area contributed by atoms with Crippen LogP contribution in [0.3, 0.4) is 0 Å². The first kappa shape index (κ1) is 19.9. The van der Waals surface area contributed by atoms with E-state index in [9.17, 15) is 14.9 Å². The van der Waals surface area contributed by atoms with Crippen molar-refractivity contribution in [3.63, 3.8) is 0 Å². The molecular weight excluding hydrogens is 452 g/mol. The van der Waals surface area contributed by atoms with Gasteiger partial charge in [0.25, 0.3) is 11.5 Å². The van der Waals surface area contributed by atoms with Gasteiger partial charge in [-0.15, -0.1) is 5.10 Å². The predicted octanol–water partition coefficient (Wildman–Crippen LogP) is 1.56. The van der Waals surface area contributed by atoms with Crippen LogP contribution in [0.5, 0.6) is 0 Å². The van der Waals surface area contributed by atoms with E-state index >= 15 is 0 Å². The van der Waals surface area contributed by atoms with Crippen LogP contribution in [-0.4, -0.2) is 35.4 Å². The molecule has 0 spiro atoms. The highest BCUT2D eigenvalue weighted by Gasteiger charge is 2.46. The summed E-state index contributed by atoms with van der Waals surface area (Å²) < 4.78 is 3.16. The normalized spacial score (nSPS) is 15.3. The van der Waals surface area contributed by atoms with Crippen LogP contribution in [0, 0.1) is 11.3 Å². The van der Waals surface area contributed by atoms with Gasteiger partial charge in [-0.1, -0.05) is 0 Å². The quantitative estimate of drug-likeness (QED) is 0.561. The lowest BCUT2D eigenvalue weighted by atomic mass is 10.0. The summed E-state index contributed by atoms with van der Waals surface area (Å²) in [6, 6.07) is 7.98. The van der Waals surface area contributed by atoms with Gasteiger partial charge in [0.2, 0.25) is 0 Å². The van der Waals surface area contributed by atoms with Crippen LogP contribution in [0.1, 0.15) is 47.7 Å². The molecule has 3 aromatic rings. The van der Waals surface area contributed by atoms with Crippen molar-refractivity contribution in [1.82, 2.24) is 34.8 Å². The Labute approximate surface area is 179 Å². The lowest BCUT2D eigenvalue weighted by Gasteiger charge is -2.15. The number of aromatic nitrogens is 6. The number of pyridine rings is 1. The Morgan fingerprint density at radius 1 is 1.37 bits per heavy atom. The minimum Gasteiger partial charge on any atom is -0.342 e. The fourth-order valence-electron chi connectivity index (χ4n) is 3.09. The summed E-state index contributed by atoms with van der Waals surface area (Å²) in [6.07, 6.45) is 2.83. The highest BCUT2D eigenvalue weighted by molar-refractivity contribution is 9.10. The van der Waals surface area contributed by atoms with Crippen molar-refractivity contribution in [2.75, 3.05) is 0 Å². The van der Waals surface area contributed by atoms with Gasteiger partial charge in [-0.3, -0.25) is 9.59 Å². The van der Waals surface area contributed by atoms with E-state index in [1.54, 1.807) is 26.1 Å². The first-order valence-corrected chi connectivity index (χ1v) is 9.97. The van der Waals surface area contributed by atoms with Gasteiger partial charge in [0, 0.05) is 18.7 Å². The van der Waals surface area contributed by atoms with Gasteiger partial charge >= 0.3 is 0 Å². The largest absolute Gasteiger partial charge is 0.342 e. The highest BCUT2D eigenvalue weighted by Crippen LogP contribution is 2.47. The topological polar surface area (TPSA) is 131 Å². The molecule has 152 valence electrons. The summed E-state index contributed by atoms with van der Waals surface area (Å²) in [5.41, 5.74) is 0.146. The SMILES string of the molecule is C[C@H](NC(=O)c1cc(Br)nc(C2(C#N)CC2)c1)c1ncnn1-c1ccc(=O)n(C)n1. The number of nitriles is 1. The van der Waals surface area contributed by atoms with Gasteiger partial charge in [0.15, 0.2) is 11.6 Å². The molecular formula is C19H17BrN8O2. The van der Waals surface area contributed by atoms with E-state index in [2.05, 4.69) is 47.5 Å². The third-order valence-corrected chi connectivity index (χ3v) is 5.39. The number of nitrogens with one attached hydrogen (secondary N) is 1. The maximum Gasteiger partial charge on any atom is 0.266 e. The number of rotatable bonds is 5. The monoisotopic (exact) mass is 468 g/mol. The molecule has 1 atom stereocenters. The van der Waals surface area contributed by atoms with E-state index in [0.29, 0.717) is 27.5 Å². The third-order valence-electron chi connectivity index (χ3n) is 4.98. The number of hydrogen-bond donors (Lipinski definition) is 1. The third kappa shape index (κ3) is 3.61. The maximum absolute atomic E-state index is 12.9. The molecule has 1 amide bonds. The van der Waals surface area contributed by atoms with E-state index in [-0.39, 0.29) is 11.5 Å². The zero-order valence-corrected chi connectivity index (χ0v) is 17.8. The average molecular weight is 469 g/mol. The molecule has 0 radical (unpaired) electrons. The molecule has 1 fully saturated rings.